The Hall–Kier alpha value is -4.00. The van der Waals surface area contributed by atoms with Gasteiger partial charge in [-0.2, -0.15) is 5.10 Å². The lowest BCUT2D eigenvalue weighted by molar-refractivity contribution is 0.0956. The number of carbonyl (C=O) groups excluding carboxylic acids is 2. The van der Waals surface area contributed by atoms with Gasteiger partial charge in [0.05, 0.1) is 24.6 Å². The zero-order chi connectivity index (χ0) is 20.6. The predicted octanol–water partition coefficient (Wildman–Crippen LogP) is 3.85. The number of nitrogens with zero attached hydrogens (tertiary/aromatic N) is 1. The summed E-state index contributed by atoms with van der Waals surface area (Å²) in [6.45, 7) is 0. The van der Waals surface area contributed by atoms with Crippen molar-refractivity contribution in [2.75, 3.05) is 12.4 Å². The Morgan fingerprint density at radius 3 is 2.31 bits per heavy atom. The molecule has 0 aliphatic heterocycles. The van der Waals surface area contributed by atoms with Gasteiger partial charge in [-0.25, -0.2) is 9.82 Å². The van der Waals surface area contributed by atoms with Crippen molar-refractivity contribution < 1.29 is 18.7 Å². The first kappa shape index (κ1) is 19.8. The number of anilines is 1. The second-order valence-electron chi connectivity index (χ2n) is 5.98. The molecule has 0 saturated heterocycles. The first-order valence-corrected chi connectivity index (χ1v) is 8.70. The van der Waals surface area contributed by atoms with Crippen molar-refractivity contribution in [1.82, 2.24) is 5.43 Å². The molecule has 0 heterocycles. The minimum Gasteiger partial charge on any atom is -0.497 e. The summed E-state index contributed by atoms with van der Waals surface area (Å²) in [4.78, 5) is 24.9. The lowest BCUT2D eigenvalue weighted by atomic mass is 10.1. The molecule has 29 heavy (non-hydrogen) atoms. The number of hydrogen-bond acceptors (Lipinski definition) is 4. The van der Waals surface area contributed by atoms with E-state index in [1.165, 1.54) is 30.5 Å². The quantitative estimate of drug-likeness (QED) is 0.495. The van der Waals surface area contributed by atoms with Crippen LogP contribution < -0.4 is 15.5 Å². The van der Waals surface area contributed by atoms with Gasteiger partial charge in [0.15, 0.2) is 0 Å². The smallest absolute Gasteiger partial charge is 0.273 e. The molecule has 0 spiro atoms. The van der Waals surface area contributed by atoms with Crippen LogP contribution in [0.3, 0.4) is 0 Å². The van der Waals surface area contributed by atoms with Gasteiger partial charge >= 0.3 is 0 Å². The topological polar surface area (TPSA) is 79.8 Å². The second kappa shape index (κ2) is 9.27. The number of nitrogens with one attached hydrogen (secondary N) is 2. The van der Waals surface area contributed by atoms with Crippen molar-refractivity contribution in [3.8, 4) is 5.75 Å². The number of hydrazone groups is 1. The molecule has 3 rings (SSSR count). The lowest BCUT2D eigenvalue weighted by Crippen LogP contribution is -2.21. The van der Waals surface area contributed by atoms with Crippen molar-refractivity contribution in [3.63, 3.8) is 0 Å². The van der Waals surface area contributed by atoms with Crippen LogP contribution in [0.25, 0.3) is 0 Å². The Balaban J connectivity index is 1.69. The molecular formula is C22H18FN3O3. The fraction of sp³-hybridized carbons (Fsp3) is 0.0455. The molecule has 0 unspecified atom stereocenters. The van der Waals surface area contributed by atoms with E-state index in [-0.39, 0.29) is 17.3 Å². The fourth-order valence-electron chi connectivity index (χ4n) is 2.50. The van der Waals surface area contributed by atoms with Gasteiger partial charge in [0, 0.05) is 5.56 Å². The highest BCUT2D eigenvalue weighted by Gasteiger charge is 2.13. The molecule has 0 bridgehead atoms. The zero-order valence-electron chi connectivity index (χ0n) is 15.6. The summed E-state index contributed by atoms with van der Waals surface area (Å²) in [5, 5.41) is 6.60. The first-order valence-electron chi connectivity index (χ1n) is 8.70. The average Bonchev–Trinajstić information content (AvgIpc) is 2.75. The summed E-state index contributed by atoms with van der Waals surface area (Å²) in [6.07, 6.45) is 1.40. The van der Waals surface area contributed by atoms with Gasteiger partial charge in [-0.3, -0.25) is 9.59 Å². The summed E-state index contributed by atoms with van der Waals surface area (Å²) in [7, 11) is 1.54. The van der Waals surface area contributed by atoms with Crippen molar-refractivity contribution in [2.24, 2.45) is 5.10 Å². The third-order valence-corrected chi connectivity index (χ3v) is 4.02. The molecule has 0 aliphatic rings. The van der Waals surface area contributed by atoms with Crippen LogP contribution in [0.1, 0.15) is 26.3 Å². The number of methoxy groups -OCH3 is 1. The van der Waals surface area contributed by atoms with Crippen LogP contribution in [0.4, 0.5) is 10.1 Å². The van der Waals surface area contributed by atoms with E-state index in [4.69, 9.17) is 4.74 Å². The summed E-state index contributed by atoms with van der Waals surface area (Å²) in [5.74, 6) is -0.565. The fourth-order valence-corrected chi connectivity index (χ4v) is 2.50. The van der Waals surface area contributed by atoms with E-state index in [9.17, 15) is 14.0 Å². The highest BCUT2D eigenvalue weighted by molar-refractivity contribution is 6.09. The number of hydrogen-bond donors (Lipinski definition) is 2. The van der Waals surface area contributed by atoms with Crippen molar-refractivity contribution in [2.45, 2.75) is 0 Å². The highest BCUT2D eigenvalue weighted by atomic mass is 19.1. The number of para-hydroxylation sites is 1. The van der Waals surface area contributed by atoms with Crippen LogP contribution in [0.15, 0.2) is 77.9 Å². The number of benzene rings is 3. The van der Waals surface area contributed by atoms with E-state index in [1.54, 1.807) is 55.6 Å². The molecule has 3 aromatic carbocycles. The maximum Gasteiger partial charge on any atom is 0.273 e. The summed E-state index contributed by atoms with van der Waals surface area (Å²) in [5.41, 5.74) is 4.06. The molecule has 2 amide bonds. The molecule has 0 aromatic heterocycles. The van der Waals surface area contributed by atoms with E-state index in [2.05, 4.69) is 15.8 Å². The van der Waals surface area contributed by atoms with E-state index in [0.29, 0.717) is 22.6 Å². The lowest BCUT2D eigenvalue weighted by Gasteiger charge is -2.10. The molecular weight excluding hydrogens is 373 g/mol. The molecule has 0 atom stereocenters. The average molecular weight is 391 g/mol. The molecule has 6 nitrogen and oxygen atoms in total. The Morgan fingerprint density at radius 1 is 0.931 bits per heavy atom. The van der Waals surface area contributed by atoms with Gasteiger partial charge in [-0.15, -0.1) is 0 Å². The standard InChI is InChI=1S/C22H18FN3O3/c1-29-18-12-8-16(9-13-18)21(27)25-20-5-3-2-4-19(20)22(28)26-24-14-15-6-10-17(23)11-7-15/h2-14H,1H3,(H,25,27)(H,26,28). The van der Waals surface area contributed by atoms with Gasteiger partial charge in [-0.1, -0.05) is 24.3 Å². The van der Waals surface area contributed by atoms with Gasteiger partial charge in [0.2, 0.25) is 0 Å². The molecule has 7 heteroatoms. The normalized spacial score (nSPS) is 10.6. The summed E-state index contributed by atoms with van der Waals surface area (Å²) >= 11 is 0. The monoisotopic (exact) mass is 391 g/mol. The Bertz CT molecular complexity index is 1030. The van der Waals surface area contributed by atoms with Gasteiger partial charge in [-0.05, 0) is 54.1 Å². The Morgan fingerprint density at radius 2 is 1.62 bits per heavy atom. The Kier molecular flexibility index (Phi) is 6.32. The van der Waals surface area contributed by atoms with Gasteiger partial charge in [0.25, 0.3) is 11.8 Å². The SMILES string of the molecule is COc1ccc(C(=O)Nc2ccccc2C(=O)NN=Cc2ccc(F)cc2)cc1. The van der Waals surface area contributed by atoms with E-state index < -0.39 is 5.91 Å². The number of carbonyl (C=O) groups is 2. The number of amides is 2. The summed E-state index contributed by atoms with van der Waals surface area (Å²) < 4.78 is 18.0. The second-order valence-corrected chi connectivity index (χ2v) is 5.98. The maximum absolute atomic E-state index is 12.9. The van der Waals surface area contributed by atoms with E-state index in [0.717, 1.165) is 0 Å². The summed E-state index contributed by atoms with van der Waals surface area (Å²) in [6, 6.07) is 18.9. The third-order valence-electron chi connectivity index (χ3n) is 4.02. The number of ether oxygens (including phenoxy) is 1. The minimum absolute atomic E-state index is 0.255. The van der Waals surface area contributed by atoms with Crippen LogP contribution in [0.5, 0.6) is 5.75 Å². The van der Waals surface area contributed by atoms with Crippen LogP contribution in [-0.2, 0) is 0 Å². The van der Waals surface area contributed by atoms with Gasteiger partial charge in [0.1, 0.15) is 11.6 Å². The predicted molar refractivity (Wildman–Crippen MR) is 109 cm³/mol. The minimum atomic E-state index is -0.492. The Labute approximate surface area is 167 Å². The molecule has 0 saturated carbocycles. The highest BCUT2D eigenvalue weighted by Crippen LogP contribution is 2.17. The molecule has 0 aliphatic carbocycles. The zero-order valence-corrected chi connectivity index (χ0v) is 15.6. The molecule has 0 fully saturated rings. The maximum atomic E-state index is 12.9. The largest absolute Gasteiger partial charge is 0.497 e. The van der Waals surface area contributed by atoms with Crippen LogP contribution >= 0.6 is 0 Å². The molecule has 2 N–H and O–H groups in total. The first-order chi connectivity index (χ1) is 14.1. The van der Waals surface area contributed by atoms with Crippen molar-refractivity contribution in [3.05, 3.63) is 95.3 Å². The molecule has 0 radical (unpaired) electrons. The molecule has 146 valence electrons. The van der Waals surface area contributed by atoms with Gasteiger partial charge < -0.3 is 10.1 Å². The van der Waals surface area contributed by atoms with E-state index in [1.807, 2.05) is 0 Å². The third kappa shape index (κ3) is 5.26. The van der Waals surface area contributed by atoms with Crippen LogP contribution in [0.2, 0.25) is 0 Å². The number of rotatable bonds is 6. The van der Waals surface area contributed by atoms with Crippen LogP contribution in [-0.4, -0.2) is 25.1 Å². The molecule has 3 aromatic rings. The van der Waals surface area contributed by atoms with Crippen molar-refractivity contribution in [1.29, 1.82) is 0 Å². The van der Waals surface area contributed by atoms with Crippen LogP contribution in [0, 0.1) is 5.82 Å². The number of halogens is 1. The van der Waals surface area contributed by atoms with E-state index >= 15 is 0 Å². The van der Waals surface area contributed by atoms with Crippen molar-refractivity contribution >= 4 is 23.7 Å².